The van der Waals surface area contributed by atoms with E-state index in [1.165, 1.54) is 12.1 Å². The van der Waals surface area contributed by atoms with Crippen LogP contribution in [0.1, 0.15) is 18.9 Å². The molecule has 9 heteroatoms. The largest absolute Gasteiger partial charge is 0.382 e. The Labute approximate surface area is 182 Å². The van der Waals surface area contributed by atoms with Crippen LogP contribution in [0.3, 0.4) is 0 Å². The molecule has 1 saturated heterocycles. The minimum absolute atomic E-state index is 0.0904. The summed E-state index contributed by atoms with van der Waals surface area (Å²) in [4.78, 5) is 24.2. The zero-order valence-electron chi connectivity index (χ0n) is 17.9. The monoisotopic (exact) mass is 426 g/mol. The van der Waals surface area contributed by atoms with E-state index >= 15 is 0 Å². The second kappa shape index (κ2) is 11.8. The summed E-state index contributed by atoms with van der Waals surface area (Å²) in [5.41, 5.74) is 1.03. The van der Waals surface area contributed by atoms with Gasteiger partial charge in [0.25, 0.3) is 5.69 Å². The molecule has 9 nitrogen and oxygen atoms in total. The van der Waals surface area contributed by atoms with Gasteiger partial charge in [-0.05, 0) is 31.0 Å². The van der Waals surface area contributed by atoms with Gasteiger partial charge >= 0.3 is 0 Å². The number of nitrogens with zero attached hydrogens (tertiary/aromatic N) is 5. The van der Waals surface area contributed by atoms with E-state index in [-0.39, 0.29) is 10.6 Å². The first kappa shape index (κ1) is 22.5. The minimum atomic E-state index is -0.389. The van der Waals surface area contributed by atoms with Crippen molar-refractivity contribution in [2.24, 2.45) is 4.99 Å². The summed E-state index contributed by atoms with van der Waals surface area (Å²) in [6.45, 7) is 8.09. The minimum Gasteiger partial charge on any atom is -0.382 e. The van der Waals surface area contributed by atoms with Crippen molar-refractivity contribution in [1.82, 2.24) is 15.2 Å². The highest BCUT2D eigenvalue weighted by molar-refractivity contribution is 5.80. The molecule has 1 aliphatic rings. The number of ether oxygens (including phenoxy) is 1. The second-order valence-electron chi connectivity index (χ2n) is 7.20. The average molecular weight is 427 g/mol. The van der Waals surface area contributed by atoms with Gasteiger partial charge in [-0.15, -0.1) is 0 Å². The third kappa shape index (κ3) is 6.92. The molecular formula is C22H30N6O3. The van der Waals surface area contributed by atoms with Crippen LogP contribution in [-0.4, -0.2) is 66.7 Å². The number of non-ortho nitro benzene ring substituents is 1. The molecule has 2 heterocycles. The normalized spacial score (nSPS) is 14.5. The third-order valence-corrected chi connectivity index (χ3v) is 5.06. The van der Waals surface area contributed by atoms with Crippen molar-refractivity contribution in [2.75, 3.05) is 50.8 Å². The topological polar surface area (TPSA) is 96.1 Å². The average Bonchev–Trinajstić information content (AvgIpc) is 2.82. The lowest BCUT2D eigenvalue weighted by Crippen LogP contribution is -2.53. The summed E-state index contributed by atoms with van der Waals surface area (Å²) in [5.74, 6) is 1.85. The number of anilines is 1. The molecule has 0 radical (unpaired) electrons. The summed E-state index contributed by atoms with van der Waals surface area (Å²) in [7, 11) is 0. The lowest BCUT2D eigenvalue weighted by molar-refractivity contribution is -0.384. The first-order valence-electron chi connectivity index (χ1n) is 10.7. The standard InChI is InChI=1S/C22H30N6O3/c1-2-31-17-5-12-24-22(25-18-19-7-9-20(10-8-19)28(29)30)27-15-13-26(14-16-27)21-6-3-4-11-23-21/h3-4,6-11H,2,5,12-18H2,1H3,(H,24,25). The van der Waals surface area contributed by atoms with Gasteiger partial charge in [0.2, 0.25) is 0 Å². The molecule has 1 N–H and O–H groups in total. The summed E-state index contributed by atoms with van der Waals surface area (Å²) >= 11 is 0. The van der Waals surface area contributed by atoms with Gasteiger partial charge in [0.05, 0.1) is 11.5 Å². The smallest absolute Gasteiger partial charge is 0.269 e. The van der Waals surface area contributed by atoms with Crippen LogP contribution in [0.4, 0.5) is 11.5 Å². The molecule has 0 amide bonds. The molecule has 0 spiro atoms. The maximum absolute atomic E-state index is 10.8. The molecule has 1 fully saturated rings. The molecule has 0 saturated carbocycles. The molecule has 166 valence electrons. The van der Waals surface area contributed by atoms with E-state index in [2.05, 4.69) is 20.1 Å². The molecule has 1 aromatic carbocycles. The number of nitro benzene ring substituents is 1. The number of hydrogen-bond donors (Lipinski definition) is 1. The number of rotatable bonds is 9. The molecule has 0 unspecified atom stereocenters. The van der Waals surface area contributed by atoms with Crippen molar-refractivity contribution in [1.29, 1.82) is 0 Å². The fraction of sp³-hybridized carbons (Fsp3) is 0.455. The molecule has 31 heavy (non-hydrogen) atoms. The fourth-order valence-electron chi connectivity index (χ4n) is 3.36. The van der Waals surface area contributed by atoms with E-state index < -0.39 is 0 Å². The summed E-state index contributed by atoms with van der Waals surface area (Å²) in [6.07, 6.45) is 2.72. The van der Waals surface area contributed by atoms with Crippen LogP contribution >= 0.6 is 0 Å². The van der Waals surface area contributed by atoms with E-state index in [1.54, 1.807) is 12.1 Å². The Bertz CT molecular complexity index is 836. The molecule has 3 rings (SSSR count). The van der Waals surface area contributed by atoms with Gasteiger partial charge < -0.3 is 19.9 Å². The van der Waals surface area contributed by atoms with Crippen molar-refractivity contribution >= 4 is 17.5 Å². The predicted molar refractivity (Wildman–Crippen MR) is 121 cm³/mol. The Morgan fingerprint density at radius 3 is 2.61 bits per heavy atom. The molecule has 1 aliphatic heterocycles. The Hall–Kier alpha value is -3.20. The van der Waals surface area contributed by atoms with Crippen molar-refractivity contribution < 1.29 is 9.66 Å². The molecule has 1 aromatic heterocycles. The van der Waals surface area contributed by atoms with Gasteiger partial charge in [0.15, 0.2) is 5.96 Å². The number of aliphatic imine (C=N–C) groups is 1. The van der Waals surface area contributed by atoms with E-state index in [0.29, 0.717) is 13.2 Å². The van der Waals surface area contributed by atoms with Crippen LogP contribution in [0.2, 0.25) is 0 Å². The molecular weight excluding hydrogens is 396 g/mol. The molecule has 0 atom stereocenters. The van der Waals surface area contributed by atoms with Crippen molar-refractivity contribution in [3.05, 3.63) is 64.3 Å². The summed E-state index contributed by atoms with van der Waals surface area (Å²) < 4.78 is 5.42. The van der Waals surface area contributed by atoms with Crippen molar-refractivity contribution in [3.8, 4) is 0 Å². The first-order valence-corrected chi connectivity index (χ1v) is 10.7. The van der Waals surface area contributed by atoms with E-state index in [9.17, 15) is 10.1 Å². The van der Waals surface area contributed by atoms with Gasteiger partial charge in [-0.2, -0.15) is 0 Å². The number of guanidine groups is 1. The maximum atomic E-state index is 10.8. The number of nitro groups is 1. The zero-order chi connectivity index (χ0) is 21.9. The van der Waals surface area contributed by atoms with Gasteiger partial charge in [-0.3, -0.25) is 10.1 Å². The summed E-state index contributed by atoms with van der Waals surface area (Å²) in [6, 6.07) is 12.5. The Kier molecular flexibility index (Phi) is 8.59. The Balaban J connectivity index is 1.61. The van der Waals surface area contributed by atoms with Crippen LogP contribution < -0.4 is 10.2 Å². The number of aromatic nitrogens is 1. The van der Waals surface area contributed by atoms with Gasteiger partial charge in [0, 0.05) is 64.3 Å². The Morgan fingerprint density at radius 2 is 1.97 bits per heavy atom. The van der Waals surface area contributed by atoms with Crippen molar-refractivity contribution in [3.63, 3.8) is 0 Å². The quantitative estimate of drug-likeness (QED) is 0.216. The van der Waals surface area contributed by atoms with Crippen LogP contribution in [0.5, 0.6) is 0 Å². The number of benzene rings is 1. The highest BCUT2D eigenvalue weighted by Crippen LogP contribution is 2.14. The Morgan fingerprint density at radius 1 is 1.19 bits per heavy atom. The van der Waals surface area contributed by atoms with Gasteiger partial charge in [-0.25, -0.2) is 9.98 Å². The summed E-state index contributed by atoms with van der Waals surface area (Å²) in [5, 5.41) is 14.3. The predicted octanol–water partition coefficient (Wildman–Crippen LogP) is 2.68. The highest BCUT2D eigenvalue weighted by atomic mass is 16.6. The van der Waals surface area contributed by atoms with Crippen LogP contribution in [0.25, 0.3) is 0 Å². The number of nitrogens with one attached hydrogen (secondary N) is 1. The fourth-order valence-corrected chi connectivity index (χ4v) is 3.36. The van der Waals surface area contributed by atoms with Crippen molar-refractivity contribution in [2.45, 2.75) is 19.9 Å². The number of piperazine rings is 1. The van der Waals surface area contributed by atoms with Gasteiger partial charge in [-0.1, -0.05) is 18.2 Å². The molecule has 0 aliphatic carbocycles. The number of pyridine rings is 1. The third-order valence-electron chi connectivity index (χ3n) is 5.06. The van der Waals surface area contributed by atoms with Gasteiger partial charge in [0.1, 0.15) is 5.82 Å². The second-order valence-corrected chi connectivity index (χ2v) is 7.20. The van der Waals surface area contributed by atoms with E-state index in [4.69, 9.17) is 9.73 Å². The molecule has 2 aromatic rings. The highest BCUT2D eigenvalue weighted by Gasteiger charge is 2.20. The van der Waals surface area contributed by atoms with E-state index in [1.807, 2.05) is 31.3 Å². The lowest BCUT2D eigenvalue weighted by atomic mass is 10.2. The van der Waals surface area contributed by atoms with Crippen LogP contribution in [-0.2, 0) is 11.3 Å². The first-order chi connectivity index (χ1) is 15.2. The van der Waals surface area contributed by atoms with Crippen LogP contribution in [0.15, 0.2) is 53.7 Å². The molecule has 0 bridgehead atoms. The van der Waals surface area contributed by atoms with Crippen LogP contribution in [0, 0.1) is 10.1 Å². The maximum Gasteiger partial charge on any atom is 0.269 e. The lowest BCUT2D eigenvalue weighted by Gasteiger charge is -2.37. The van der Waals surface area contributed by atoms with E-state index in [0.717, 1.165) is 63.1 Å². The SMILES string of the molecule is CCOCCCNC(=NCc1ccc([N+](=O)[O-])cc1)N1CCN(c2ccccn2)CC1. The zero-order valence-corrected chi connectivity index (χ0v) is 17.9. The number of hydrogen-bond acceptors (Lipinski definition) is 6.